The molecule has 2 unspecified atom stereocenters. The Kier molecular flexibility index (Phi) is 5.19. The highest BCUT2D eigenvalue weighted by molar-refractivity contribution is 5.21. The smallest absolute Gasteiger partial charge is 0.0589 e. The summed E-state index contributed by atoms with van der Waals surface area (Å²) in [5, 5.41) is 0. The van der Waals surface area contributed by atoms with E-state index in [9.17, 15) is 0 Å². The van der Waals surface area contributed by atoms with Crippen molar-refractivity contribution in [2.24, 2.45) is 5.73 Å². The predicted octanol–water partition coefficient (Wildman–Crippen LogP) is 2.71. The van der Waals surface area contributed by atoms with Gasteiger partial charge in [0.05, 0.1) is 6.10 Å². The second-order valence-corrected chi connectivity index (χ2v) is 6.22. The molecule has 1 aliphatic rings. The summed E-state index contributed by atoms with van der Waals surface area (Å²) in [7, 11) is 4.02. The molecule has 1 aromatic carbocycles. The van der Waals surface area contributed by atoms with Crippen LogP contribution in [0, 0.1) is 6.92 Å². The van der Waals surface area contributed by atoms with E-state index in [1.54, 1.807) is 0 Å². The number of nitrogens with two attached hydrogens (primary N) is 1. The number of ether oxygens (including phenoxy) is 1. The SMILES string of the molecule is COC1CCCC(CN)(N(C)Cc2ccc(C)cc2)C1. The molecule has 2 atom stereocenters. The summed E-state index contributed by atoms with van der Waals surface area (Å²) in [4.78, 5) is 2.43. The van der Waals surface area contributed by atoms with Gasteiger partial charge in [-0.05, 0) is 45.2 Å². The number of rotatable bonds is 5. The fourth-order valence-electron chi connectivity index (χ4n) is 3.31. The highest BCUT2D eigenvalue weighted by Gasteiger charge is 2.38. The molecule has 0 radical (unpaired) electrons. The third-order valence-electron chi connectivity index (χ3n) is 4.84. The van der Waals surface area contributed by atoms with Gasteiger partial charge >= 0.3 is 0 Å². The van der Waals surface area contributed by atoms with Crippen molar-refractivity contribution in [3.05, 3.63) is 35.4 Å². The summed E-state index contributed by atoms with van der Waals surface area (Å²) in [5.74, 6) is 0. The van der Waals surface area contributed by atoms with Crippen molar-refractivity contribution in [2.75, 3.05) is 20.7 Å². The van der Waals surface area contributed by atoms with Gasteiger partial charge < -0.3 is 10.5 Å². The second-order valence-electron chi connectivity index (χ2n) is 6.22. The Balaban J connectivity index is 2.08. The van der Waals surface area contributed by atoms with Crippen LogP contribution in [0.2, 0.25) is 0 Å². The van der Waals surface area contributed by atoms with Gasteiger partial charge in [0, 0.05) is 25.7 Å². The van der Waals surface area contributed by atoms with Crippen LogP contribution in [0.25, 0.3) is 0 Å². The molecule has 1 saturated carbocycles. The van der Waals surface area contributed by atoms with Gasteiger partial charge in [-0.2, -0.15) is 0 Å². The molecule has 0 aliphatic heterocycles. The Bertz CT molecular complexity index is 418. The lowest BCUT2D eigenvalue weighted by Crippen LogP contribution is -2.55. The normalized spacial score (nSPS) is 26.9. The molecule has 0 amide bonds. The van der Waals surface area contributed by atoms with Crippen LogP contribution in [0.5, 0.6) is 0 Å². The van der Waals surface area contributed by atoms with E-state index in [1.807, 2.05) is 7.11 Å². The van der Waals surface area contributed by atoms with Crippen LogP contribution in [0.15, 0.2) is 24.3 Å². The molecule has 0 spiro atoms. The molecule has 1 aromatic rings. The van der Waals surface area contributed by atoms with Gasteiger partial charge in [-0.25, -0.2) is 0 Å². The zero-order valence-electron chi connectivity index (χ0n) is 13.1. The number of hydrogen-bond donors (Lipinski definition) is 1. The molecule has 20 heavy (non-hydrogen) atoms. The first-order chi connectivity index (χ1) is 9.59. The lowest BCUT2D eigenvalue weighted by Gasteiger charge is -2.46. The van der Waals surface area contributed by atoms with E-state index in [1.165, 1.54) is 24.0 Å². The lowest BCUT2D eigenvalue weighted by atomic mass is 9.78. The maximum absolute atomic E-state index is 6.14. The van der Waals surface area contributed by atoms with Crippen LogP contribution < -0.4 is 5.73 Å². The maximum atomic E-state index is 6.14. The summed E-state index contributed by atoms with van der Waals surface area (Å²) < 4.78 is 5.58. The Labute approximate surface area is 123 Å². The van der Waals surface area contributed by atoms with Crippen molar-refractivity contribution in [3.8, 4) is 0 Å². The lowest BCUT2D eigenvalue weighted by molar-refractivity contribution is -0.0149. The van der Waals surface area contributed by atoms with Gasteiger partial charge in [0.15, 0.2) is 0 Å². The molecule has 2 N–H and O–H groups in total. The van der Waals surface area contributed by atoms with Crippen LogP contribution in [-0.2, 0) is 11.3 Å². The number of likely N-dealkylation sites (N-methyl/N-ethyl adjacent to an activating group) is 1. The van der Waals surface area contributed by atoms with Gasteiger partial charge in [-0.15, -0.1) is 0 Å². The van der Waals surface area contributed by atoms with Gasteiger partial charge in [0.25, 0.3) is 0 Å². The van der Waals surface area contributed by atoms with E-state index in [2.05, 4.69) is 43.1 Å². The largest absolute Gasteiger partial charge is 0.381 e. The zero-order valence-corrected chi connectivity index (χ0v) is 13.1. The van der Waals surface area contributed by atoms with E-state index in [4.69, 9.17) is 10.5 Å². The summed E-state index contributed by atoms with van der Waals surface area (Å²) in [6.45, 7) is 3.78. The zero-order chi connectivity index (χ0) is 14.6. The molecule has 3 nitrogen and oxygen atoms in total. The number of aryl methyl sites for hydroxylation is 1. The average molecular weight is 276 g/mol. The number of hydrogen-bond acceptors (Lipinski definition) is 3. The van der Waals surface area contributed by atoms with Crippen LogP contribution in [-0.4, -0.2) is 37.2 Å². The van der Waals surface area contributed by atoms with Crippen molar-refractivity contribution in [1.29, 1.82) is 0 Å². The molecule has 0 aromatic heterocycles. The molecule has 1 fully saturated rings. The van der Waals surface area contributed by atoms with E-state index in [0.717, 1.165) is 19.4 Å². The molecule has 0 bridgehead atoms. The maximum Gasteiger partial charge on any atom is 0.0589 e. The van der Waals surface area contributed by atoms with Crippen molar-refractivity contribution >= 4 is 0 Å². The standard InChI is InChI=1S/C17H28N2O/c1-14-6-8-15(9-7-14)12-19(2)17(13-18)10-4-5-16(11-17)20-3/h6-9,16H,4-5,10-13,18H2,1-3H3. The van der Waals surface area contributed by atoms with Gasteiger partial charge in [0.2, 0.25) is 0 Å². The minimum absolute atomic E-state index is 0.0871. The molecule has 0 saturated heterocycles. The third kappa shape index (κ3) is 3.40. The highest BCUT2D eigenvalue weighted by atomic mass is 16.5. The molecule has 112 valence electrons. The first-order valence-corrected chi connectivity index (χ1v) is 7.59. The fourth-order valence-corrected chi connectivity index (χ4v) is 3.31. The van der Waals surface area contributed by atoms with E-state index in [-0.39, 0.29) is 5.54 Å². The van der Waals surface area contributed by atoms with Gasteiger partial charge in [0.1, 0.15) is 0 Å². The summed E-state index contributed by atoms with van der Waals surface area (Å²) in [5.41, 5.74) is 8.88. The second kappa shape index (κ2) is 6.70. The molecule has 3 heteroatoms. The Hall–Kier alpha value is -0.900. The fraction of sp³-hybridized carbons (Fsp3) is 0.647. The number of methoxy groups -OCH3 is 1. The first kappa shape index (κ1) is 15.5. The van der Waals surface area contributed by atoms with Crippen molar-refractivity contribution in [2.45, 2.75) is 50.8 Å². The van der Waals surface area contributed by atoms with Crippen molar-refractivity contribution in [3.63, 3.8) is 0 Å². The molecular weight excluding hydrogens is 248 g/mol. The van der Waals surface area contributed by atoms with E-state index >= 15 is 0 Å². The molecule has 2 rings (SSSR count). The van der Waals surface area contributed by atoms with Gasteiger partial charge in [-0.3, -0.25) is 4.90 Å². The van der Waals surface area contributed by atoms with Crippen LogP contribution in [0.1, 0.15) is 36.8 Å². The predicted molar refractivity (Wildman–Crippen MR) is 83.7 cm³/mol. The molecule has 1 aliphatic carbocycles. The molecule has 0 heterocycles. The van der Waals surface area contributed by atoms with E-state index < -0.39 is 0 Å². The summed E-state index contributed by atoms with van der Waals surface area (Å²) in [6.07, 6.45) is 4.94. The van der Waals surface area contributed by atoms with Gasteiger partial charge in [-0.1, -0.05) is 29.8 Å². The summed E-state index contributed by atoms with van der Waals surface area (Å²) in [6, 6.07) is 8.79. The Morgan fingerprint density at radius 2 is 2.05 bits per heavy atom. The van der Waals surface area contributed by atoms with Crippen molar-refractivity contribution < 1.29 is 4.74 Å². The average Bonchev–Trinajstić information content (AvgIpc) is 2.49. The minimum Gasteiger partial charge on any atom is -0.381 e. The van der Waals surface area contributed by atoms with Crippen LogP contribution in [0.4, 0.5) is 0 Å². The Morgan fingerprint density at radius 3 is 2.65 bits per heavy atom. The quantitative estimate of drug-likeness (QED) is 0.898. The molecular formula is C17H28N2O. The first-order valence-electron chi connectivity index (χ1n) is 7.59. The topological polar surface area (TPSA) is 38.5 Å². The number of nitrogens with zero attached hydrogens (tertiary/aromatic N) is 1. The van der Waals surface area contributed by atoms with Crippen molar-refractivity contribution in [1.82, 2.24) is 4.90 Å². The van der Waals surface area contributed by atoms with E-state index in [0.29, 0.717) is 12.6 Å². The highest BCUT2D eigenvalue weighted by Crippen LogP contribution is 2.34. The van der Waals surface area contributed by atoms with Crippen LogP contribution in [0.3, 0.4) is 0 Å². The minimum atomic E-state index is 0.0871. The number of benzene rings is 1. The third-order valence-corrected chi connectivity index (χ3v) is 4.84. The monoisotopic (exact) mass is 276 g/mol. The van der Waals surface area contributed by atoms with Crippen LogP contribution >= 0.6 is 0 Å². The summed E-state index contributed by atoms with van der Waals surface area (Å²) >= 11 is 0. The Morgan fingerprint density at radius 1 is 1.35 bits per heavy atom.